The van der Waals surface area contributed by atoms with Crippen molar-refractivity contribution in [1.29, 1.82) is 0 Å². The smallest absolute Gasteiger partial charge is 0.186 e. The summed E-state index contributed by atoms with van der Waals surface area (Å²) in [5.74, 6) is 0.212. The Balaban J connectivity index is 2.36. The molecule has 2 nitrogen and oxygen atoms in total. The van der Waals surface area contributed by atoms with Gasteiger partial charge in [-0.15, -0.1) is 6.58 Å². The van der Waals surface area contributed by atoms with Gasteiger partial charge in [0.1, 0.15) is 0 Å². The zero-order valence-electron chi connectivity index (χ0n) is 7.92. The predicted octanol–water partition coefficient (Wildman–Crippen LogP) is 1.32. The lowest BCUT2D eigenvalue weighted by molar-refractivity contribution is -0.111. The molecule has 0 aromatic rings. The summed E-state index contributed by atoms with van der Waals surface area (Å²) in [7, 11) is 0. The minimum Gasteiger partial charge on any atom is -0.326 e. The molecule has 0 aliphatic heterocycles. The average Bonchev–Trinajstić information content (AvgIpc) is 2.16. The number of allylic oxidation sites excluding steroid dienone is 5. The van der Waals surface area contributed by atoms with Crippen LogP contribution in [0.4, 0.5) is 0 Å². The van der Waals surface area contributed by atoms with Gasteiger partial charge in [0.25, 0.3) is 0 Å². The topological polar surface area (TPSA) is 43.1 Å². The van der Waals surface area contributed by atoms with Crippen molar-refractivity contribution in [1.82, 2.24) is 0 Å². The first-order valence-electron chi connectivity index (χ1n) is 4.67. The number of rotatable bonds is 3. The minimum absolute atomic E-state index is 0.0557. The Labute approximate surface area is 83.5 Å². The van der Waals surface area contributed by atoms with E-state index in [9.17, 15) is 4.79 Å². The highest BCUT2D eigenvalue weighted by Gasteiger charge is 2.33. The van der Waals surface area contributed by atoms with Crippen molar-refractivity contribution < 1.29 is 4.79 Å². The summed E-state index contributed by atoms with van der Waals surface area (Å²) in [6, 6.07) is 0. The summed E-state index contributed by atoms with van der Waals surface area (Å²) in [6.07, 6.45) is 9.04. The SMILES string of the molecule is C=CCC1=C(CN)C2=[C]C(=O)C=CC21. The summed E-state index contributed by atoms with van der Waals surface area (Å²) in [6.45, 7) is 4.20. The van der Waals surface area contributed by atoms with Crippen molar-refractivity contribution in [3.63, 3.8) is 0 Å². The van der Waals surface area contributed by atoms with E-state index in [4.69, 9.17) is 5.73 Å². The van der Waals surface area contributed by atoms with Gasteiger partial charge < -0.3 is 5.73 Å². The van der Waals surface area contributed by atoms with Crippen molar-refractivity contribution in [2.24, 2.45) is 11.7 Å². The summed E-state index contributed by atoms with van der Waals surface area (Å²) in [5, 5.41) is 0. The lowest BCUT2D eigenvalue weighted by Crippen LogP contribution is -2.28. The fraction of sp³-hybridized carbons (Fsp3) is 0.250. The molecule has 0 heterocycles. The molecule has 0 aromatic heterocycles. The fourth-order valence-electron chi connectivity index (χ4n) is 2.02. The van der Waals surface area contributed by atoms with Gasteiger partial charge in [-0.2, -0.15) is 0 Å². The van der Waals surface area contributed by atoms with E-state index >= 15 is 0 Å². The van der Waals surface area contributed by atoms with Crippen LogP contribution in [0.2, 0.25) is 0 Å². The largest absolute Gasteiger partial charge is 0.326 e. The van der Waals surface area contributed by atoms with Crippen LogP contribution in [0, 0.1) is 12.0 Å². The van der Waals surface area contributed by atoms with E-state index in [-0.39, 0.29) is 11.7 Å². The molecular formula is C12H12NO. The highest BCUT2D eigenvalue weighted by molar-refractivity contribution is 5.99. The van der Waals surface area contributed by atoms with Crippen LogP contribution >= 0.6 is 0 Å². The van der Waals surface area contributed by atoms with Gasteiger partial charge in [-0.05, 0) is 23.6 Å². The molecule has 2 rings (SSSR count). The van der Waals surface area contributed by atoms with Gasteiger partial charge in [0.2, 0.25) is 0 Å². The monoisotopic (exact) mass is 186 g/mol. The van der Waals surface area contributed by atoms with E-state index in [0.717, 1.165) is 17.6 Å². The molecule has 71 valence electrons. The first-order chi connectivity index (χ1) is 6.77. The van der Waals surface area contributed by atoms with Gasteiger partial charge in [0.05, 0.1) is 0 Å². The lowest BCUT2D eigenvalue weighted by Gasteiger charge is -2.35. The molecule has 2 heteroatoms. The van der Waals surface area contributed by atoms with Gasteiger partial charge in [0.15, 0.2) is 5.78 Å². The van der Waals surface area contributed by atoms with E-state index in [1.54, 1.807) is 6.08 Å². The Kier molecular flexibility index (Phi) is 2.22. The molecule has 14 heavy (non-hydrogen) atoms. The normalized spacial score (nSPS) is 24.2. The van der Waals surface area contributed by atoms with Crippen LogP contribution in [0.3, 0.4) is 0 Å². The summed E-state index contributed by atoms with van der Waals surface area (Å²) < 4.78 is 0. The Morgan fingerprint density at radius 2 is 2.43 bits per heavy atom. The molecule has 0 saturated carbocycles. The minimum atomic E-state index is -0.0557. The molecule has 0 aromatic carbocycles. The molecule has 0 amide bonds. The summed E-state index contributed by atoms with van der Waals surface area (Å²) in [5.41, 5.74) is 8.98. The molecule has 2 aliphatic rings. The van der Waals surface area contributed by atoms with Gasteiger partial charge in [-0.1, -0.05) is 17.7 Å². The Bertz CT molecular complexity index is 385. The van der Waals surface area contributed by atoms with E-state index in [2.05, 4.69) is 12.7 Å². The zero-order chi connectivity index (χ0) is 10.1. The first-order valence-corrected chi connectivity index (χ1v) is 4.67. The number of carbonyl (C=O) groups excluding carboxylic acids is 1. The Hall–Kier alpha value is -1.41. The second-order valence-corrected chi connectivity index (χ2v) is 3.44. The molecule has 1 radical (unpaired) electrons. The number of fused-ring (bicyclic) bond motifs is 1. The Morgan fingerprint density at radius 1 is 1.64 bits per heavy atom. The fourth-order valence-corrected chi connectivity index (χ4v) is 2.02. The molecule has 0 fully saturated rings. The summed E-state index contributed by atoms with van der Waals surface area (Å²) in [4.78, 5) is 11.1. The predicted molar refractivity (Wildman–Crippen MR) is 55.3 cm³/mol. The molecule has 0 bridgehead atoms. The molecule has 1 atom stereocenters. The highest BCUT2D eigenvalue weighted by atomic mass is 16.1. The maximum absolute atomic E-state index is 11.1. The molecular weight excluding hydrogens is 174 g/mol. The van der Waals surface area contributed by atoms with E-state index in [1.165, 1.54) is 5.57 Å². The lowest BCUT2D eigenvalue weighted by atomic mass is 9.69. The summed E-state index contributed by atoms with van der Waals surface area (Å²) >= 11 is 0. The van der Waals surface area contributed by atoms with Gasteiger partial charge in [0, 0.05) is 18.5 Å². The molecule has 1 unspecified atom stereocenters. The van der Waals surface area contributed by atoms with Crippen molar-refractivity contribution in [2.45, 2.75) is 6.42 Å². The van der Waals surface area contributed by atoms with Gasteiger partial charge in [-0.3, -0.25) is 4.79 Å². The van der Waals surface area contributed by atoms with Crippen LogP contribution in [-0.2, 0) is 4.79 Å². The zero-order valence-corrected chi connectivity index (χ0v) is 7.92. The van der Waals surface area contributed by atoms with Crippen LogP contribution in [0.15, 0.2) is 41.5 Å². The number of hydrogen-bond donors (Lipinski definition) is 1. The van der Waals surface area contributed by atoms with Gasteiger partial charge >= 0.3 is 0 Å². The third-order valence-corrected chi connectivity index (χ3v) is 2.67. The Morgan fingerprint density at radius 3 is 3.07 bits per heavy atom. The van der Waals surface area contributed by atoms with Crippen LogP contribution in [0.25, 0.3) is 0 Å². The first kappa shape index (κ1) is 9.16. The van der Waals surface area contributed by atoms with Crippen molar-refractivity contribution in [3.05, 3.63) is 47.6 Å². The quantitative estimate of drug-likeness (QED) is 0.675. The van der Waals surface area contributed by atoms with Crippen LogP contribution in [-0.4, -0.2) is 12.3 Å². The number of nitrogens with two attached hydrogens (primary N) is 1. The molecule has 2 aliphatic carbocycles. The van der Waals surface area contributed by atoms with Crippen LogP contribution in [0.1, 0.15) is 6.42 Å². The molecule has 0 saturated heterocycles. The maximum atomic E-state index is 11.1. The highest BCUT2D eigenvalue weighted by Crippen LogP contribution is 2.43. The third-order valence-electron chi connectivity index (χ3n) is 2.67. The number of ketones is 1. The van der Waals surface area contributed by atoms with Crippen molar-refractivity contribution in [3.8, 4) is 0 Å². The van der Waals surface area contributed by atoms with Crippen molar-refractivity contribution >= 4 is 5.78 Å². The van der Waals surface area contributed by atoms with E-state index in [1.807, 2.05) is 12.2 Å². The molecule has 2 N–H and O–H groups in total. The number of hydrogen-bond acceptors (Lipinski definition) is 2. The van der Waals surface area contributed by atoms with Crippen LogP contribution < -0.4 is 5.73 Å². The third kappa shape index (κ3) is 1.19. The van der Waals surface area contributed by atoms with E-state index in [0.29, 0.717) is 6.54 Å². The molecule has 0 spiro atoms. The standard InChI is InChI=1S/C12H12NO/c1-2-3-9-10-5-4-8(14)6-11(10)12(9)7-13/h2,4-5,10H,1,3,7,13H2. The average molecular weight is 186 g/mol. The van der Waals surface area contributed by atoms with Crippen LogP contribution in [0.5, 0.6) is 0 Å². The van der Waals surface area contributed by atoms with Gasteiger partial charge in [-0.25, -0.2) is 0 Å². The number of carbonyl (C=O) groups is 1. The van der Waals surface area contributed by atoms with Crippen molar-refractivity contribution in [2.75, 3.05) is 6.54 Å². The second-order valence-electron chi connectivity index (χ2n) is 3.44. The van der Waals surface area contributed by atoms with E-state index < -0.39 is 0 Å². The second kappa shape index (κ2) is 3.39. The maximum Gasteiger partial charge on any atom is 0.186 e.